The van der Waals surface area contributed by atoms with Crippen molar-refractivity contribution in [1.82, 2.24) is 9.55 Å². The van der Waals surface area contributed by atoms with Crippen LogP contribution < -0.4 is 5.56 Å². The minimum Gasteiger partial charge on any atom is -0.480 e. The lowest BCUT2D eigenvalue weighted by Crippen LogP contribution is -2.44. The summed E-state index contributed by atoms with van der Waals surface area (Å²) in [6.45, 7) is 3.00. The Hall–Kier alpha value is -2.96. The molecule has 1 N–H and O–H groups in total. The first-order valence-corrected chi connectivity index (χ1v) is 10.2. The minimum absolute atomic E-state index is 0.299. The van der Waals surface area contributed by atoms with Crippen molar-refractivity contribution in [1.29, 1.82) is 0 Å². The Labute approximate surface area is 175 Å². The predicted molar refractivity (Wildman–Crippen MR) is 117 cm³/mol. The number of carbonyl (C=O) groups is 1. The molecule has 2 heterocycles. The SMILES string of the molecule is CC(C)(C(=O)O)n1c(-c2ccc(Cl)cc2)nc2scc(-c3ccccc3)c2c1=O. The molecular formula is C22H17ClN2O3S. The van der Waals surface area contributed by atoms with E-state index in [0.717, 1.165) is 11.1 Å². The quantitative estimate of drug-likeness (QED) is 0.484. The summed E-state index contributed by atoms with van der Waals surface area (Å²) in [5.41, 5.74) is 0.380. The van der Waals surface area contributed by atoms with Gasteiger partial charge in [0.05, 0.1) is 5.39 Å². The van der Waals surface area contributed by atoms with Crippen molar-refractivity contribution in [2.24, 2.45) is 0 Å². The summed E-state index contributed by atoms with van der Waals surface area (Å²) in [7, 11) is 0. The number of fused-ring (bicyclic) bond motifs is 1. The molecule has 0 radical (unpaired) electrons. The lowest BCUT2D eigenvalue weighted by atomic mass is 10.0. The summed E-state index contributed by atoms with van der Waals surface area (Å²) in [6, 6.07) is 16.4. The highest BCUT2D eigenvalue weighted by Crippen LogP contribution is 2.34. The number of aromatic nitrogens is 2. The molecule has 5 nitrogen and oxygen atoms in total. The second-order valence-electron chi connectivity index (χ2n) is 7.14. The van der Waals surface area contributed by atoms with E-state index in [4.69, 9.17) is 16.6 Å². The van der Waals surface area contributed by atoms with Gasteiger partial charge in [0.25, 0.3) is 5.56 Å². The van der Waals surface area contributed by atoms with Crippen molar-refractivity contribution in [3.8, 4) is 22.5 Å². The average molecular weight is 425 g/mol. The molecule has 0 fully saturated rings. The normalized spacial score (nSPS) is 11.7. The van der Waals surface area contributed by atoms with Crippen molar-refractivity contribution in [2.45, 2.75) is 19.4 Å². The predicted octanol–water partition coefficient (Wildman–Crippen LogP) is 5.27. The lowest BCUT2D eigenvalue weighted by Gasteiger charge is -2.25. The van der Waals surface area contributed by atoms with Gasteiger partial charge in [-0.3, -0.25) is 9.36 Å². The lowest BCUT2D eigenvalue weighted by molar-refractivity contribution is -0.145. The molecule has 146 valence electrons. The molecule has 0 aliphatic rings. The maximum Gasteiger partial charge on any atom is 0.329 e. The zero-order chi connectivity index (χ0) is 20.8. The van der Waals surface area contributed by atoms with Crippen molar-refractivity contribution in [3.63, 3.8) is 0 Å². The van der Waals surface area contributed by atoms with Gasteiger partial charge in [-0.25, -0.2) is 9.78 Å². The summed E-state index contributed by atoms with van der Waals surface area (Å²) >= 11 is 7.36. The Morgan fingerprint density at radius 3 is 2.34 bits per heavy atom. The summed E-state index contributed by atoms with van der Waals surface area (Å²) in [6.07, 6.45) is 0. The summed E-state index contributed by atoms with van der Waals surface area (Å²) < 4.78 is 1.26. The largest absolute Gasteiger partial charge is 0.480 e. The van der Waals surface area contributed by atoms with E-state index in [-0.39, 0.29) is 5.56 Å². The summed E-state index contributed by atoms with van der Waals surface area (Å²) in [5.74, 6) is -0.819. The van der Waals surface area contributed by atoms with Gasteiger partial charge in [-0.1, -0.05) is 41.9 Å². The van der Waals surface area contributed by atoms with Crippen LogP contribution in [0.2, 0.25) is 5.02 Å². The number of thiophene rings is 1. The maximum atomic E-state index is 13.6. The summed E-state index contributed by atoms with van der Waals surface area (Å²) in [5, 5.41) is 12.7. The average Bonchev–Trinajstić information content (AvgIpc) is 3.13. The fourth-order valence-electron chi connectivity index (χ4n) is 3.23. The van der Waals surface area contributed by atoms with Crippen LogP contribution in [0.4, 0.5) is 0 Å². The number of benzene rings is 2. The van der Waals surface area contributed by atoms with Gasteiger partial charge in [-0.15, -0.1) is 11.3 Å². The number of halogens is 1. The molecule has 0 saturated heterocycles. The van der Waals surface area contributed by atoms with E-state index in [0.29, 0.717) is 26.6 Å². The Kier molecular flexibility index (Phi) is 4.76. The zero-order valence-corrected chi connectivity index (χ0v) is 17.3. The first-order valence-electron chi connectivity index (χ1n) is 8.90. The van der Waals surface area contributed by atoms with Crippen molar-refractivity contribution in [3.05, 3.63) is 75.4 Å². The van der Waals surface area contributed by atoms with E-state index in [1.165, 1.54) is 29.8 Å². The van der Waals surface area contributed by atoms with Crippen LogP contribution in [0.3, 0.4) is 0 Å². The van der Waals surface area contributed by atoms with Gasteiger partial charge in [-0.2, -0.15) is 0 Å². The molecule has 2 aromatic heterocycles. The third-order valence-electron chi connectivity index (χ3n) is 4.88. The van der Waals surface area contributed by atoms with Gasteiger partial charge in [0.1, 0.15) is 16.2 Å². The fourth-order valence-corrected chi connectivity index (χ4v) is 4.29. The third-order valence-corrected chi connectivity index (χ3v) is 6.00. The number of rotatable bonds is 4. The van der Waals surface area contributed by atoms with Crippen LogP contribution in [0.5, 0.6) is 0 Å². The maximum absolute atomic E-state index is 13.6. The minimum atomic E-state index is -1.50. The smallest absolute Gasteiger partial charge is 0.329 e. The Morgan fingerprint density at radius 2 is 1.72 bits per heavy atom. The first-order chi connectivity index (χ1) is 13.8. The monoisotopic (exact) mass is 424 g/mol. The third kappa shape index (κ3) is 3.24. The Morgan fingerprint density at radius 1 is 1.07 bits per heavy atom. The van der Waals surface area contributed by atoms with E-state index >= 15 is 0 Å². The van der Waals surface area contributed by atoms with Crippen LogP contribution >= 0.6 is 22.9 Å². The molecule has 29 heavy (non-hydrogen) atoms. The van der Waals surface area contributed by atoms with Crippen LogP contribution in [-0.2, 0) is 10.3 Å². The highest BCUT2D eigenvalue weighted by molar-refractivity contribution is 7.17. The highest BCUT2D eigenvalue weighted by Gasteiger charge is 2.34. The van der Waals surface area contributed by atoms with Gasteiger partial charge in [0.2, 0.25) is 0 Å². The number of carboxylic acids is 1. The molecule has 4 aromatic rings. The Balaban J connectivity index is 2.10. The van der Waals surface area contributed by atoms with Gasteiger partial charge in [0, 0.05) is 21.5 Å². The molecule has 0 unspecified atom stereocenters. The molecular weight excluding hydrogens is 408 g/mol. The molecule has 0 saturated carbocycles. The van der Waals surface area contributed by atoms with Crippen LogP contribution in [-0.4, -0.2) is 20.6 Å². The van der Waals surface area contributed by atoms with Crippen molar-refractivity contribution in [2.75, 3.05) is 0 Å². The molecule has 0 aliphatic heterocycles. The zero-order valence-electron chi connectivity index (χ0n) is 15.7. The number of hydrogen-bond acceptors (Lipinski definition) is 4. The van der Waals surface area contributed by atoms with Crippen LogP contribution in [0.25, 0.3) is 32.7 Å². The Bertz CT molecular complexity index is 1280. The molecule has 2 aromatic carbocycles. The number of aliphatic carboxylic acids is 1. The fraction of sp³-hybridized carbons (Fsp3) is 0.136. The van der Waals surface area contributed by atoms with Gasteiger partial charge >= 0.3 is 5.97 Å². The molecule has 0 bridgehead atoms. The molecule has 4 rings (SSSR count). The number of carboxylic acid groups (broad SMARTS) is 1. The standard InChI is InChI=1S/C22H17ClN2O3S/c1-22(2,21(27)28)25-18(14-8-10-15(23)11-9-14)24-19-17(20(25)26)16(12-29-19)13-6-4-3-5-7-13/h3-12H,1-2H3,(H,27,28). The van der Waals surface area contributed by atoms with E-state index in [1.54, 1.807) is 24.3 Å². The number of nitrogens with zero attached hydrogens (tertiary/aromatic N) is 2. The van der Waals surface area contributed by atoms with Crippen LogP contribution in [0.15, 0.2) is 64.8 Å². The molecule has 0 atom stereocenters. The van der Waals surface area contributed by atoms with E-state index in [2.05, 4.69) is 0 Å². The van der Waals surface area contributed by atoms with Crippen molar-refractivity contribution < 1.29 is 9.90 Å². The molecule has 0 spiro atoms. The van der Waals surface area contributed by atoms with Gasteiger partial charge in [0.15, 0.2) is 0 Å². The van der Waals surface area contributed by atoms with Gasteiger partial charge in [-0.05, 0) is 43.7 Å². The second kappa shape index (κ2) is 7.13. The second-order valence-corrected chi connectivity index (χ2v) is 8.44. The highest BCUT2D eigenvalue weighted by atomic mass is 35.5. The van der Waals surface area contributed by atoms with E-state index in [1.807, 2.05) is 35.7 Å². The summed E-state index contributed by atoms with van der Waals surface area (Å²) in [4.78, 5) is 30.9. The van der Waals surface area contributed by atoms with E-state index < -0.39 is 11.5 Å². The molecule has 0 amide bonds. The topological polar surface area (TPSA) is 72.2 Å². The first kappa shape index (κ1) is 19.4. The van der Waals surface area contributed by atoms with Crippen LogP contribution in [0.1, 0.15) is 13.8 Å². The number of hydrogen-bond donors (Lipinski definition) is 1. The van der Waals surface area contributed by atoms with Gasteiger partial charge < -0.3 is 5.11 Å². The molecule has 7 heteroatoms. The van der Waals surface area contributed by atoms with Crippen molar-refractivity contribution >= 4 is 39.1 Å². The van der Waals surface area contributed by atoms with Crippen LogP contribution in [0, 0.1) is 0 Å². The molecule has 0 aliphatic carbocycles. The van der Waals surface area contributed by atoms with E-state index in [9.17, 15) is 14.7 Å².